The molecule has 0 heterocycles. The monoisotopic (exact) mass is 334 g/mol. The van der Waals surface area contributed by atoms with Gasteiger partial charge in [0.05, 0.1) is 0 Å². The van der Waals surface area contributed by atoms with Gasteiger partial charge in [-0.15, -0.1) is 0 Å². The Balaban J connectivity index is 2.62. The lowest BCUT2D eigenvalue weighted by molar-refractivity contribution is 0.412. The molecule has 0 N–H and O–H groups in total. The molecule has 0 saturated carbocycles. The molecule has 0 fully saturated rings. The number of hydrogen-bond donors (Lipinski definition) is 0. The van der Waals surface area contributed by atoms with Gasteiger partial charge in [0.1, 0.15) is 0 Å². The van der Waals surface area contributed by atoms with Gasteiger partial charge >= 0.3 is 0 Å². The SMILES string of the molecule is CCCCCCCCC(C)(c1ccccc1)C(Cl)(Cl)Cl. The summed E-state index contributed by atoms with van der Waals surface area (Å²) in [6, 6.07) is 10.1. The maximum atomic E-state index is 6.27. The molecule has 1 aromatic carbocycles. The summed E-state index contributed by atoms with van der Waals surface area (Å²) in [4.78, 5) is 0. The highest BCUT2D eigenvalue weighted by Crippen LogP contribution is 2.49. The third-order valence-electron chi connectivity index (χ3n) is 4.07. The molecule has 0 radical (unpaired) electrons. The average Bonchev–Trinajstić information content (AvgIpc) is 2.42. The van der Waals surface area contributed by atoms with Crippen molar-refractivity contribution < 1.29 is 0 Å². The summed E-state index contributed by atoms with van der Waals surface area (Å²) in [5.41, 5.74) is 0.678. The van der Waals surface area contributed by atoms with Crippen molar-refractivity contribution >= 4 is 34.8 Å². The number of halogens is 3. The van der Waals surface area contributed by atoms with Crippen LogP contribution in [0.5, 0.6) is 0 Å². The molecule has 0 aliphatic rings. The Morgan fingerprint density at radius 3 is 1.95 bits per heavy atom. The number of hydrogen-bond acceptors (Lipinski definition) is 0. The van der Waals surface area contributed by atoms with Crippen molar-refractivity contribution in [2.75, 3.05) is 0 Å². The number of benzene rings is 1. The third kappa shape index (κ3) is 5.13. The summed E-state index contributed by atoms with van der Waals surface area (Å²) in [7, 11) is 0. The Kier molecular flexibility index (Phi) is 7.72. The molecule has 1 atom stereocenters. The van der Waals surface area contributed by atoms with Crippen LogP contribution < -0.4 is 0 Å². The van der Waals surface area contributed by atoms with E-state index in [0.29, 0.717) is 0 Å². The number of unbranched alkanes of at least 4 members (excludes halogenated alkanes) is 5. The zero-order chi connectivity index (χ0) is 15.1. The summed E-state index contributed by atoms with van der Waals surface area (Å²) in [6.45, 7) is 4.29. The minimum atomic E-state index is -1.28. The highest BCUT2D eigenvalue weighted by Gasteiger charge is 2.45. The van der Waals surface area contributed by atoms with E-state index in [2.05, 4.69) is 26.0 Å². The second-order valence-electron chi connectivity index (χ2n) is 5.71. The van der Waals surface area contributed by atoms with Crippen LogP contribution in [0.15, 0.2) is 30.3 Å². The molecular weight excluding hydrogens is 311 g/mol. The minimum Gasteiger partial charge on any atom is -0.0827 e. The van der Waals surface area contributed by atoms with E-state index in [1.807, 2.05) is 18.2 Å². The fraction of sp³-hybridized carbons (Fsp3) is 0.647. The van der Waals surface area contributed by atoms with Crippen LogP contribution in [0.3, 0.4) is 0 Å². The molecule has 0 aliphatic carbocycles. The van der Waals surface area contributed by atoms with Gasteiger partial charge in [-0.3, -0.25) is 0 Å². The van der Waals surface area contributed by atoms with E-state index in [0.717, 1.165) is 18.4 Å². The van der Waals surface area contributed by atoms with Crippen LogP contribution in [-0.4, -0.2) is 3.79 Å². The maximum Gasteiger partial charge on any atom is 0.199 e. The van der Waals surface area contributed by atoms with Crippen molar-refractivity contribution in [3.63, 3.8) is 0 Å². The summed E-state index contributed by atoms with van der Waals surface area (Å²) >= 11 is 18.8. The van der Waals surface area contributed by atoms with Crippen molar-refractivity contribution in [3.8, 4) is 0 Å². The van der Waals surface area contributed by atoms with Gasteiger partial charge in [-0.1, -0.05) is 118 Å². The van der Waals surface area contributed by atoms with Crippen LogP contribution in [0.1, 0.15) is 64.4 Å². The molecule has 0 aromatic heterocycles. The lowest BCUT2D eigenvalue weighted by Gasteiger charge is -2.37. The van der Waals surface area contributed by atoms with Crippen LogP contribution in [0, 0.1) is 0 Å². The Hall–Kier alpha value is 0.0900. The van der Waals surface area contributed by atoms with E-state index in [4.69, 9.17) is 34.8 Å². The zero-order valence-corrected chi connectivity index (χ0v) is 14.7. The molecular formula is C17H25Cl3. The average molecular weight is 336 g/mol. The summed E-state index contributed by atoms with van der Waals surface area (Å²) in [5, 5.41) is 0. The van der Waals surface area contributed by atoms with Crippen molar-refractivity contribution in [1.29, 1.82) is 0 Å². The molecule has 3 heteroatoms. The molecule has 0 saturated heterocycles. The first-order chi connectivity index (χ1) is 9.42. The summed E-state index contributed by atoms with van der Waals surface area (Å²) < 4.78 is -1.28. The molecule has 0 aliphatic heterocycles. The van der Waals surface area contributed by atoms with Crippen molar-refractivity contribution in [1.82, 2.24) is 0 Å². The van der Waals surface area contributed by atoms with E-state index in [1.165, 1.54) is 32.1 Å². The van der Waals surface area contributed by atoms with Crippen LogP contribution in [-0.2, 0) is 5.41 Å². The first kappa shape index (κ1) is 18.1. The molecule has 0 bridgehead atoms. The van der Waals surface area contributed by atoms with Crippen LogP contribution in [0.25, 0.3) is 0 Å². The number of rotatable bonds is 8. The maximum absolute atomic E-state index is 6.27. The Morgan fingerprint density at radius 1 is 0.850 bits per heavy atom. The van der Waals surface area contributed by atoms with Crippen LogP contribution in [0.4, 0.5) is 0 Å². The first-order valence-corrected chi connectivity index (χ1v) is 8.67. The smallest absolute Gasteiger partial charge is 0.0827 e. The quantitative estimate of drug-likeness (QED) is 0.352. The van der Waals surface area contributed by atoms with Crippen LogP contribution in [0.2, 0.25) is 0 Å². The summed E-state index contributed by atoms with van der Waals surface area (Å²) in [6.07, 6.45) is 8.40. The van der Waals surface area contributed by atoms with E-state index in [-0.39, 0.29) is 0 Å². The van der Waals surface area contributed by atoms with Crippen molar-refractivity contribution in [2.24, 2.45) is 0 Å². The van der Waals surface area contributed by atoms with E-state index in [1.54, 1.807) is 0 Å². The lowest BCUT2D eigenvalue weighted by atomic mass is 9.79. The van der Waals surface area contributed by atoms with E-state index in [9.17, 15) is 0 Å². The van der Waals surface area contributed by atoms with Gasteiger partial charge in [0.15, 0.2) is 3.79 Å². The Labute approximate surface area is 138 Å². The van der Waals surface area contributed by atoms with Gasteiger partial charge in [0.25, 0.3) is 0 Å². The van der Waals surface area contributed by atoms with Gasteiger partial charge in [-0.05, 0) is 12.0 Å². The standard InChI is InChI=1S/C17H25Cl3/c1-3-4-5-6-7-11-14-16(2,17(18,19)20)15-12-9-8-10-13-15/h8-10,12-13H,3-7,11,14H2,1-2H3. The fourth-order valence-corrected chi connectivity index (χ4v) is 3.13. The fourth-order valence-electron chi connectivity index (χ4n) is 2.51. The number of alkyl halides is 3. The van der Waals surface area contributed by atoms with E-state index >= 15 is 0 Å². The predicted molar refractivity (Wildman–Crippen MR) is 92.1 cm³/mol. The predicted octanol–water partition coefficient (Wildman–Crippen LogP) is 7.07. The molecule has 0 amide bonds. The molecule has 114 valence electrons. The molecule has 1 rings (SSSR count). The normalized spacial score (nSPS) is 15.1. The minimum absolute atomic E-state index is 0.427. The largest absolute Gasteiger partial charge is 0.199 e. The zero-order valence-electron chi connectivity index (χ0n) is 12.5. The third-order valence-corrected chi connectivity index (χ3v) is 5.32. The molecule has 1 aromatic rings. The Bertz CT molecular complexity index is 370. The van der Waals surface area contributed by atoms with Gasteiger partial charge in [0, 0.05) is 5.41 Å². The van der Waals surface area contributed by atoms with Gasteiger partial charge in [0.2, 0.25) is 0 Å². The highest BCUT2D eigenvalue weighted by atomic mass is 35.6. The Morgan fingerprint density at radius 2 is 1.40 bits per heavy atom. The first-order valence-electron chi connectivity index (χ1n) is 7.54. The topological polar surface area (TPSA) is 0 Å². The van der Waals surface area contributed by atoms with Gasteiger partial charge < -0.3 is 0 Å². The summed E-state index contributed by atoms with van der Waals surface area (Å²) in [5.74, 6) is 0. The van der Waals surface area contributed by atoms with Crippen molar-refractivity contribution in [2.45, 2.75) is 68.0 Å². The molecule has 1 unspecified atom stereocenters. The van der Waals surface area contributed by atoms with Crippen LogP contribution >= 0.6 is 34.8 Å². The second kappa shape index (κ2) is 8.51. The molecule has 0 spiro atoms. The highest BCUT2D eigenvalue weighted by molar-refractivity contribution is 6.68. The second-order valence-corrected chi connectivity index (χ2v) is 7.99. The van der Waals surface area contributed by atoms with Gasteiger partial charge in [-0.2, -0.15) is 0 Å². The van der Waals surface area contributed by atoms with Crippen molar-refractivity contribution in [3.05, 3.63) is 35.9 Å². The lowest BCUT2D eigenvalue weighted by Crippen LogP contribution is -2.37. The van der Waals surface area contributed by atoms with E-state index < -0.39 is 9.21 Å². The van der Waals surface area contributed by atoms with Gasteiger partial charge in [-0.25, -0.2) is 0 Å². The molecule has 0 nitrogen and oxygen atoms in total. The molecule has 20 heavy (non-hydrogen) atoms.